The number of phenolic OH excluding ortho intramolecular Hbond substituents is 2. The molecule has 3 aliphatic rings. The summed E-state index contributed by atoms with van der Waals surface area (Å²) in [6.07, 6.45) is 8.06. The zero-order chi connectivity index (χ0) is 31.5. The van der Waals surface area contributed by atoms with Crippen molar-refractivity contribution in [3.63, 3.8) is 0 Å². The molecule has 240 valence electrons. The maximum atomic E-state index is 11.3. The van der Waals surface area contributed by atoms with Crippen LogP contribution in [0.15, 0.2) is 34.3 Å². The fourth-order valence-electron chi connectivity index (χ4n) is 5.91. The van der Waals surface area contributed by atoms with E-state index >= 15 is 0 Å². The highest BCUT2D eigenvalue weighted by atomic mass is 16.7. The van der Waals surface area contributed by atoms with Gasteiger partial charge in [0.05, 0.1) is 49.6 Å². The number of ether oxygens (including phenoxy) is 4. The van der Waals surface area contributed by atoms with Crippen LogP contribution in [0.3, 0.4) is 0 Å². The number of hydrogen-bond acceptors (Lipinski definition) is 8. The van der Waals surface area contributed by atoms with E-state index in [4.69, 9.17) is 28.9 Å². The van der Waals surface area contributed by atoms with Gasteiger partial charge in [-0.2, -0.15) is 0 Å². The molecule has 3 fully saturated rings. The number of phenols is 2. The van der Waals surface area contributed by atoms with Crippen molar-refractivity contribution in [3.8, 4) is 11.5 Å². The Morgan fingerprint density at radius 2 is 0.955 bits per heavy atom. The first-order valence-corrected chi connectivity index (χ1v) is 16.2. The molecule has 2 atom stereocenters. The van der Waals surface area contributed by atoms with Crippen LogP contribution in [-0.2, 0) is 29.8 Å². The maximum Gasteiger partial charge on any atom is 0.187 e. The van der Waals surface area contributed by atoms with Gasteiger partial charge in [0.15, 0.2) is 12.6 Å². The number of benzene rings is 2. The number of hydrogen-bond donors (Lipinski definition) is 2. The molecular formula is C36H50N2O6. The molecule has 2 N–H and O–H groups in total. The van der Waals surface area contributed by atoms with Gasteiger partial charge in [0.1, 0.15) is 11.5 Å². The van der Waals surface area contributed by atoms with Crippen LogP contribution in [0.4, 0.5) is 0 Å². The first-order valence-electron chi connectivity index (χ1n) is 16.2. The summed E-state index contributed by atoms with van der Waals surface area (Å²) in [6.45, 7) is 15.3. The third-order valence-corrected chi connectivity index (χ3v) is 8.74. The normalized spacial score (nSPS) is 23.1. The quantitative estimate of drug-likeness (QED) is 0.332. The van der Waals surface area contributed by atoms with E-state index in [1.54, 1.807) is 12.4 Å². The lowest BCUT2D eigenvalue weighted by molar-refractivity contribution is -0.183. The van der Waals surface area contributed by atoms with Gasteiger partial charge in [-0.25, -0.2) is 0 Å². The summed E-state index contributed by atoms with van der Waals surface area (Å²) in [5.41, 5.74) is 4.51. The molecule has 2 aromatic rings. The molecule has 8 heteroatoms. The van der Waals surface area contributed by atoms with Crippen LogP contribution < -0.4 is 0 Å². The number of aliphatic imine (C=N–C) groups is 2. The number of aromatic hydroxyl groups is 2. The topological polar surface area (TPSA) is 102 Å². The molecule has 8 nitrogen and oxygen atoms in total. The van der Waals surface area contributed by atoms with Crippen LogP contribution in [0, 0.1) is 0 Å². The van der Waals surface area contributed by atoms with Gasteiger partial charge in [-0.05, 0) is 71.9 Å². The van der Waals surface area contributed by atoms with Crippen molar-refractivity contribution >= 4 is 12.4 Å². The van der Waals surface area contributed by atoms with Crippen molar-refractivity contribution in [1.82, 2.24) is 0 Å². The predicted molar refractivity (Wildman–Crippen MR) is 173 cm³/mol. The van der Waals surface area contributed by atoms with Crippen LogP contribution in [-0.4, -0.2) is 61.2 Å². The second kappa shape index (κ2) is 13.7. The van der Waals surface area contributed by atoms with Crippen LogP contribution in [0.1, 0.15) is 126 Å². The second-order valence-corrected chi connectivity index (χ2v) is 14.3. The number of rotatable bonds is 6. The van der Waals surface area contributed by atoms with Crippen molar-refractivity contribution in [2.75, 3.05) is 26.4 Å². The van der Waals surface area contributed by atoms with E-state index in [1.165, 1.54) is 0 Å². The molecule has 2 saturated heterocycles. The summed E-state index contributed by atoms with van der Waals surface area (Å²) in [5.74, 6) is 0.293. The first-order chi connectivity index (χ1) is 20.9. The second-order valence-electron chi connectivity index (χ2n) is 14.3. The molecule has 0 radical (unpaired) electrons. The van der Waals surface area contributed by atoms with Gasteiger partial charge in [-0.3, -0.25) is 9.98 Å². The van der Waals surface area contributed by atoms with Gasteiger partial charge < -0.3 is 29.2 Å². The summed E-state index contributed by atoms with van der Waals surface area (Å²) < 4.78 is 23.4. The fraction of sp³-hybridized carbons (Fsp3) is 0.611. The molecule has 0 aromatic heterocycles. The minimum Gasteiger partial charge on any atom is -0.507 e. The molecule has 2 unspecified atom stereocenters. The van der Waals surface area contributed by atoms with Crippen molar-refractivity contribution < 1.29 is 29.2 Å². The summed E-state index contributed by atoms with van der Waals surface area (Å²) in [7, 11) is 0. The fourth-order valence-corrected chi connectivity index (χ4v) is 5.91. The molecular weight excluding hydrogens is 556 g/mol. The van der Waals surface area contributed by atoms with E-state index in [0.29, 0.717) is 48.7 Å². The molecule has 0 spiro atoms. The predicted octanol–water partition coefficient (Wildman–Crippen LogP) is 7.41. The van der Waals surface area contributed by atoms with Crippen molar-refractivity contribution in [1.29, 1.82) is 0 Å². The monoisotopic (exact) mass is 606 g/mol. The third kappa shape index (κ3) is 7.71. The zero-order valence-electron chi connectivity index (χ0n) is 27.3. The average molecular weight is 607 g/mol. The molecule has 44 heavy (non-hydrogen) atoms. The first kappa shape index (κ1) is 32.6. The lowest BCUT2D eigenvalue weighted by atomic mass is 9.84. The minimum absolute atomic E-state index is 0.0410. The minimum atomic E-state index is -0.587. The van der Waals surface area contributed by atoms with Gasteiger partial charge in [-0.1, -0.05) is 54.4 Å². The lowest BCUT2D eigenvalue weighted by Crippen LogP contribution is -2.27. The highest BCUT2D eigenvalue weighted by Gasteiger charge is 2.28. The van der Waals surface area contributed by atoms with E-state index in [1.807, 2.05) is 24.3 Å². The Bertz CT molecular complexity index is 1240. The molecule has 5 rings (SSSR count). The van der Waals surface area contributed by atoms with Gasteiger partial charge in [0.2, 0.25) is 0 Å². The summed E-state index contributed by atoms with van der Waals surface area (Å²) in [4.78, 5) is 10.0. The van der Waals surface area contributed by atoms with Gasteiger partial charge >= 0.3 is 0 Å². The smallest absolute Gasteiger partial charge is 0.187 e. The lowest BCUT2D eigenvalue weighted by Gasteiger charge is -2.28. The highest BCUT2D eigenvalue weighted by molar-refractivity contribution is 5.86. The summed E-state index contributed by atoms with van der Waals surface area (Å²) >= 11 is 0. The molecule has 2 heterocycles. The van der Waals surface area contributed by atoms with Crippen molar-refractivity contribution in [3.05, 3.63) is 57.6 Å². The van der Waals surface area contributed by atoms with E-state index in [2.05, 4.69) is 41.5 Å². The van der Waals surface area contributed by atoms with Crippen LogP contribution in [0.25, 0.3) is 0 Å². The van der Waals surface area contributed by atoms with E-state index in [9.17, 15) is 10.2 Å². The molecule has 2 aliphatic heterocycles. The van der Waals surface area contributed by atoms with Gasteiger partial charge in [-0.15, -0.1) is 0 Å². The Hall–Kier alpha value is -2.78. The van der Waals surface area contributed by atoms with Gasteiger partial charge in [0, 0.05) is 23.6 Å². The standard InChI is InChI=1S/C36H50N2O6/c1-35(2,3)25-17-23(31(39)27(19-25)33-41-13-9-14-42-33)21-37-29-11-7-8-12-30(29)38-22-24-18-26(36(4,5)6)20-28(32(24)40)34-43-15-10-16-44-34/h17-22,29-30,33-34,39-40H,7-16H2,1-6H3. The molecule has 1 saturated carbocycles. The molecule has 2 aromatic carbocycles. The molecule has 0 bridgehead atoms. The van der Waals surface area contributed by atoms with Gasteiger partial charge in [0.25, 0.3) is 0 Å². The summed E-state index contributed by atoms with van der Waals surface area (Å²) in [5, 5.41) is 22.6. The third-order valence-electron chi connectivity index (χ3n) is 8.74. The van der Waals surface area contributed by atoms with E-state index in [-0.39, 0.29) is 34.4 Å². The van der Waals surface area contributed by atoms with Crippen LogP contribution in [0.2, 0.25) is 0 Å². The maximum absolute atomic E-state index is 11.3. The molecule has 1 aliphatic carbocycles. The van der Waals surface area contributed by atoms with Crippen LogP contribution >= 0.6 is 0 Å². The number of nitrogens with zero attached hydrogens (tertiary/aromatic N) is 2. The molecule has 0 amide bonds. The Kier molecular flexibility index (Phi) is 10.1. The SMILES string of the molecule is CC(C)(C)c1cc(C=NC2CCCCC2N=Cc2cc(C(C)(C)C)cc(C3OCCCO3)c2O)c(O)c(C2OCCCO2)c1. The Morgan fingerprint density at radius 3 is 1.30 bits per heavy atom. The Labute approximate surface area is 262 Å². The largest absolute Gasteiger partial charge is 0.507 e. The Morgan fingerprint density at radius 1 is 0.591 bits per heavy atom. The van der Waals surface area contributed by atoms with E-state index < -0.39 is 12.6 Å². The van der Waals surface area contributed by atoms with Crippen molar-refractivity contribution in [2.24, 2.45) is 9.98 Å². The Balaban J connectivity index is 1.43. The average Bonchev–Trinajstić information content (AvgIpc) is 3.00. The zero-order valence-corrected chi connectivity index (χ0v) is 27.3. The van der Waals surface area contributed by atoms with Crippen LogP contribution in [0.5, 0.6) is 11.5 Å². The highest BCUT2D eigenvalue weighted by Crippen LogP contribution is 2.38. The van der Waals surface area contributed by atoms with E-state index in [0.717, 1.165) is 49.7 Å². The van der Waals surface area contributed by atoms with Crippen molar-refractivity contribution in [2.45, 2.75) is 116 Å². The summed E-state index contributed by atoms with van der Waals surface area (Å²) in [6, 6.07) is 7.93.